The predicted octanol–water partition coefficient (Wildman–Crippen LogP) is 2.92. The molecule has 1 aromatic rings. The van der Waals surface area contributed by atoms with Crippen LogP contribution in [-0.2, 0) is 5.54 Å². The maximum Gasteiger partial charge on any atom is 0.131 e. The van der Waals surface area contributed by atoms with Gasteiger partial charge < -0.3 is 4.74 Å². The molecule has 1 aromatic carbocycles. The minimum Gasteiger partial charge on any atom is -0.497 e. The van der Waals surface area contributed by atoms with Crippen molar-refractivity contribution in [1.29, 1.82) is 5.26 Å². The summed E-state index contributed by atoms with van der Waals surface area (Å²) in [5.74, 6) is 0.831. The molecule has 0 spiro atoms. The molecule has 1 aliphatic rings. The van der Waals surface area contributed by atoms with Gasteiger partial charge in [0.1, 0.15) is 11.3 Å². The van der Waals surface area contributed by atoms with Gasteiger partial charge in [0, 0.05) is 0 Å². The van der Waals surface area contributed by atoms with Crippen LogP contribution in [0.15, 0.2) is 24.3 Å². The van der Waals surface area contributed by atoms with Crippen LogP contribution >= 0.6 is 0 Å². The Balaban J connectivity index is 2.27. The summed E-state index contributed by atoms with van der Waals surface area (Å²) in [7, 11) is 1.66. The third kappa shape index (κ3) is 2.34. The van der Waals surface area contributed by atoms with Crippen molar-refractivity contribution in [3.8, 4) is 11.8 Å². The Labute approximate surface area is 109 Å². The number of methoxy groups -OCH3 is 1. The Morgan fingerprint density at radius 2 is 1.78 bits per heavy atom. The Morgan fingerprint density at radius 3 is 2.28 bits per heavy atom. The SMILES string of the molecule is COc1ccc(C(C)(C#N)N2CCCCC2)cc1. The Morgan fingerprint density at radius 1 is 1.17 bits per heavy atom. The quantitative estimate of drug-likeness (QED) is 0.820. The Kier molecular flexibility index (Phi) is 3.88. The fraction of sp³-hybridized carbons (Fsp3) is 0.533. The second-order valence-electron chi connectivity index (χ2n) is 4.96. The van der Waals surface area contributed by atoms with Crippen LogP contribution in [0.4, 0.5) is 0 Å². The summed E-state index contributed by atoms with van der Waals surface area (Å²) in [5.41, 5.74) is 0.528. The molecule has 2 rings (SSSR count). The van der Waals surface area contributed by atoms with E-state index in [-0.39, 0.29) is 0 Å². The first-order valence-corrected chi connectivity index (χ1v) is 6.51. The van der Waals surface area contributed by atoms with Crippen LogP contribution in [0.2, 0.25) is 0 Å². The highest BCUT2D eigenvalue weighted by Crippen LogP contribution is 2.31. The number of likely N-dealkylation sites (tertiary alicyclic amines) is 1. The maximum absolute atomic E-state index is 9.59. The van der Waals surface area contributed by atoms with E-state index < -0.39 is 5.54 Å². The lowest BCUT2D eigenvalue weighted by Crippen LogP contribution is -2.45. The number of hydrogen-bond acceptors (Lipinski definition) is 3. The van der Waals surface area contributed by atoms with E-state index >= 15 is 0 Å². The molecular weight excluding hydrogens is 224 g/mol. The van der Waals surface area contributed by atoms with Gasteiger partial charge in [-0.1, -0.05) is 18.6 Å². The van der Waals surface area contributed by atoms with Gasteiger partial charge in [0.25, 0.3) is 0 Å². The third-order valence-electron chi connectivity index (χ3n) is 3.86. The monoisotopic (exact) mass is 244 g/mol. The van der Waals surface area contributed by atoms with Crippen molar-refractivity contribution in [2.24, 2.45) is 0 Å². The van der Waals surface area contributed by atoms with E-state index in [0.717, 1.165) is 24.4 Å². The van der Waals surface area contributed by atoms with Gasteiger partial charge in [-0.15, -0.1) is 0 Å². The molecular formula is C15H20N2O. The number of nitriles is 1. The summed E-state index contributed by atoms with van der Waals surface area (Å²) in [4.78, 5) is 2.29. The lowest BCUT2D eigenvalue weighted by molar-refractivity contribution is 0.123. The first-order valence-electron chi connectivity index (χ1n) is 6.51. The molecule has 1 fully saturated rings. The van der Waals surface area contributed by atoms with Gasteiger partial charge in [0.05, 0.1) is 13.2 Å². The number of nitrogens with zero attached hydrogens (tertiary/aromatic N) is 2. The lowest BCUT2D eigenvalue weighted by Gasteiger charge is -2.38. The summed E-state index contributed by atoms with van der Waals surface area (Å²) in [5, 5.41) is 9.59. The summed E-state index contributed by atoms with van der Waals surface area (Å²) >= 11 is 0. The van der Waals surface area contributed by atoms with Crippen molar-refractivity contribution in [2.45, 2.75) is 31.7 Å². The Hall–Kier alpha value is -1.53. The molecule has 3 heteroatoms. The molecule has 1 heterocycles. The van der Waals surface area contributed by atoms with Gasteiger partial charge in [-0.3, -0.25) is 4.90 Å². The summed E-state index contributed by atoms with van der Waals surface area (Å²) in [6.45, 7) is 4.03. The molecule has 1 aliphatic heterocycles. The van der Waals surface area contributed by atoms with Crippen molar-refractivity contribution in [3.63, 3.8) is 0 Å². The lowest BCUT2D eigenvalue weighted by atomic mass is 9.89. The normalized spacial score (nSPS) is 19.8. The van der Waals surface area contributed by atoms with E-state index in [9.17, 15) is 5.26 Å². The number of benzene rings is 1. The van der Waals surface area contributed by atoms with Crippen LogP contribution in [-0.4, -0.2) is 25.1 Å². The average molecular weight is 244 g/mol. The molecule has 96 valence electrons. The summed E-state index contributed by atoms with van der Waals surface area (Å²) in [6, 6.07) is 10.3. The van der Waals surface area contributed by atoms with Gasteiger partial charge in [-0.25, -0.2) is 0 Å². The van der Waals surface area contributed by atoms with Crippen LogP contribution in [0.25, 0.3) is 0 Å². The number of rotatable bonds is 3. The van der Waals surface area contributed by atoms with Crippen molar-refractivity contribution < 1.29 is 4.74 Å². The van der Waals surface area contributed by atoms with Crippen LogP contribution in [0.3, 0.4) is 0 Å². The highest BCUT2D eigenvalue weighted by molar-refractivity contribution is 5.35. The Bertz CT molecular complexity index is 429. The average Bonchev–Trinajstić information content (AvgIpc) is 2.47. The van der Waals surface area contributed by atoms with Gasteiger partial charge >= 0.3 is 0 Å². The molecule has 0 aliphatic carbocycles. The highest BCUT2D eigenvalue weighted by atomic mass is 16.5. The molecule has 0 amide bonds. The topological polar surface area (TPSA) is 36.3 Å². The van der Waals surface area contributed by atoms with Crippen molar-refractivity contribution in [3.05, 3.63) is 29.8 Å². The van der Waals surface area contributed by atoms with Gasteiger partial charge in [-0.2, -0.15) is 5.26 Å². The molecule has 3 nitrogen and oxygen atoms in total. The van der Waals surface area contributed by atoms with E-state index in [0.29, 0.717) is 0 Å². The summed E-state index contributed by atoms with van der Waals surface area (Å²) in [6.07, 6.45) is 3.65. The maximum atomic E-state index is 9.59. The largest absolute Gasteiger partial charge is 0.497 e. The molecule has 1 atom stereocenters. The molecule has 0 aromatic heterocycles. The van der Waals surface area contributed by atoms with Crippen molar-refractivity contribution in [1.82, 2.24) is 4.90 Å². The molecule has 0 saturated carbocycles. The van der Waals surface area contributed by atoms with Crippen LogP contribution in [0.1, 0.15) is 31.7 Å². The van der Waals surface area contributed by atoms with Crippen LogP contribution < -0.4 is 4.74 Å². The fourth-order valence-corrected chi connectivity index (χ4v) is 2.57. The van der Waals surface area contributed by atoms with Crippen molar-refractivity contribution >= 4 is 0 Å². The van der Waals surface area contributed by atoms with Gasteiger partial charge in [-0.05, 0) is 50.6 Å². The van der Waals surface area contributed by atoms with E-state index in [1.807, 2.05) is 31.2 Å². The fourth-order valence-electron chi connectivity index (χ4n) is 2.57. The molecule has 1 saturated heterocycles. The molecule has 0 radical (unpaired) electrons. The first kappa shape index (κ1) is 12.9. The number of ether oxygens (including phenoxy) is 1. The zero-order chi connectivity index (χ0) is 13.0. The number of hydrogen-bond donors (Lipinski definition) is 0. The third-order valence-corrected chi connectivity index (χ3v) is 3.86. The van der Waals surface area contributed by atoms with E-state index in [4.69, 9.17) is 4.74 Å². The van der Waals surface area contributed by atoms with Gasteiger partial charge in [0.2, 0.25) is 0 Å². The zero-order valence-corrected chi connectivity index (χ0v) is 11.1. The smallest absolute Gasteiger partial charge is 0.131 e. The minimum atomic E-state index is -0.521. The molecule has 1 unspecified atom stereocenters. The highest BCUT2D eigenvalue weighted by Gasteiger charge is 2.34. The second kappa shape index (κ2) is 5.41. The minimum absolute atomic E-state index is 0.521. The first-order chi connectivity index (χ1) is 8.70. The van der Waals surface area contributed by atoms with Crippen LogP contribution in [0, 0.1) is 11.3 Å². The molecule has 0 N–H and O–H groups in total. The van der Waals surface area contributed by atoms with E-state index in [1.165, 1.54) is 19.3 Å². The second-order valence-corrected chi connectivity index (χ2v) is 4.96. The summed E-state index contributed by atoms with van der Waals surface area (Å²) < 4.78 is 5.16. The molecule has 18 heavy (non-hydrogen) atoms. The van der Waals surface area contributed by atoms with E-state index in [1.54, 1.807) is 7.11 Å². The van der Waals surface area contributed by atoms with E-state index in [2.05, 4.69) is 11.0 Å². The molecule has 0 bridgehead atoms. The predicted molar refractivity (Wildman–Crippen MR) is 71.4 cm³/mol. The van der Waals surface area contributed by atoms with Crippen LogP contribution in [0.5, 0.6) is 5.75 Å². The zero-order valence-electron chi connectivity index (χ0n) is 11.1. The van der Waals surface area contributed by atoms with Gasteiger partial charge in [0.15, 0.2) is 0 Å². The standard InChI is InChI=1S/C15H20N2O/c1-15(12-16,17-10-4-3-5-11-17)13-6-8-14(18-2)9-7-13/h6-9H,3-5,10-11H2,1-2H3. The van der Waals surface area contributed by atoms with Crippen molar-refractivity contribution in [2.75, 3.05) is 20.2 Å². The number of piperidine rings is 1.